The number of hydrogen-bond acceptors (Lipinski definition) is 5. The lowest BCUT2D eigenvalue weighted by Crippen LogP contribution is -2.22. The van der Waals surface area contributed by atoms with Crippen LogP contribution >= 0.6 is 0 Å². The number of nitrogens with one attached hydrogen (secondary N) is 1. The van der Waals surface area contributed by atoms with Crippen LogP contribution in [0.1, 0.15) is 67.8 Å². The molecule has 31 heavy (non-hydrogen) atoms. The highest BCUT2D eigenvalue weighted by molar-refractivity contribution is 5.92. The van der Waals surface area contributed by atoms with Crippen LogP contribution in [0.5, 0.6) is 5.75 Å². The second kappa shape index (κ2) is 11.4. The van der Waals surface area contributed by atoms with Crippen LogP contribution in [0.2, 0.25) is 0 Å². The summed E-state index contributed by atoms with van der Waals surface area (Å²) in [5.74, 6) is -0.386. The molecule has 1 fully saturated rings. The number of amides is 1. The quantitative estimate of drug-likeness (QED) is 0.431. The first-order valence-corrected chi connectivity index (χ1v) is 11.2. The number of unbranched alkanes of at least 4 members (excludes halogenated alkanes) is 1. The Morgan fingerprint density at radius 1 is 1.06 bits per heavy atom. The van der Waals surface area contributed by atoms with Gasteiger partial charge in [-0.1, -0.05) is 31.9 Å². The third-order valence-electron chi connectivity index (χ3n) is 5.49. The number of carbonyl (C=O) groups excluding carboxylic acids is 2. The third kappa shape index (κ3) is 7.02. The van der Waals surface area contributed by atoms with Gasteiger partial charge in [-0.2, -0.15) is 0 Å². The number of ether oxygens (including phenoxy) is 2. The van der Waals surface area contributed by atoms with E-state index in [9.17, 15) is 9.59 Å². The number of esters is 1. The molecular formula is C25H32N2O4. The molecule has 3 N–H and O–H groups in total. The number of aryl methyl sites for hydroxylation is 1. The molecule has 1 amide bonds. The number of anilines is 2. The SMILES string of the molecule is CCCCc1ccc(NC(=O)COc2cc(C(=O)OC3CCCCC3)ccc2N)cc1. The number of nitrogens with two attached hydrogens (primary N) is 1. The zero-order valence-electron chi connectivity index (χ0n) is 18.2. The molecular weight excluding hydrogens is 392 g/mol. The molecule has 166 valence electrons. The number of nitrogen functional groups attached to an aromatic ring is 1. The van der Waals surface area contributed by atoms with Crippen LogP contribution in [0.3, 0.4) is 0 Å². The minimum atomic E-state index is -0.385. The predicted octanol–water partition coefficient (Wildman–Crippen LogP) is 5.12. The summed E-state index contributed by atoms with van der Waals surface area (Å²) in [7, 11) is 0. The minimum absolute atomic E-state index is 0.0256. The van der Waals surface area contributed by atoms with Gasteiger partial charge in [0.15, 0.2) is 6.61 Å². The molecule has 0 aromatic heterocycles. The molecule has 0 bridgehead atoms. The second-order valence-corrected chi connectivity index (χ2v) is 8.06. The van der Waals surface area contributed by atoms with Gasteiger partial charge in [0.25, 0.3) is 5.91 Å². The molecule has 3 rings (SSSR count). The molecule has 0 radical (unpaired) electrons. The van der Waals surface area contributed by atoms with Crippen molar-refractivity contribution < 1.29 is 19.1 Å². The van der Waals surface area contributed by atoms with Crippen molar-refractivity contribution >= 4 is 23.3 Å². The van der Waals surface area contributed by atoms with Crippen LogP contribution in [0.15, 0.2) is 42.5 Å². The highest BCUT2D eigenvalue weighted by atomic mass is 16.5. The van der Waals surface area contributed by atoms with Gasteiger partial charge >= 0.3 is 5.97 Å². The normalized spacial score (nSPS) is 14.1. The zero-order valence-corrected chi connectivity index (χ0v) is 18.2. The molecule has 0 spiro atoms. The van der Waals surface area contributed by atoms with Crippen molar-refractivity contribution in [1.82, 2.24) is 0 Å². The lowest BCUT2D eigenvalue weighted by atomic mass is 9.98. The fourth-order valence-corrected chi connectivity index (χ4v) is 3.66. The summed E-state index contributed by atoms with van der Waals surface area (Å²) in [5.41, 5.74) is 8.66. The van der Waals surface area contributed by atoms with Gasteiger partial charge in [0.05, 0.1) is 11.3 Å². The first kappa shape index (κ1) is 22.7. The van der Waals surface area contributed by atoms with Gasteiger partial charge in [-0.05, 0) is 74.4 Å². The molecule has 0 aliphatic heterocycles. The van der Waals surface area contributed by atoms with Gasteiger partial charge in [0, 0.05) is 5.69 Å². The summed E-state index contributed by atoms with van der Waals surface area (Å²) in [6, 6.07) is 12.6. The van der Waals surface area contributed by atoms with Gasteiger partial charge in [0.2, 0.25) is 0 Å². The lowest BCUT2D eigenvalue weighted by molar-refractivity contribution is -0.118. The number of benzene rings is 2. The van der Waals surface area contributed by atoms with Crippen LogP contribution in [0, 0.1) is 0 Å². The number of rotatable bonds is 9. The van der Waals surface area contributed by atoms with E-state index in [-0.39, 0.29) is 24.6 Å². The summed E-state index contributed by atoms with van der Waals surface area (Å²) >= 11 is 0. The van der Waals surface area contributed by atoms with E-state index in [1.54, 1.807) is 12.1 Å². The van der Waals surface area contributed by atoms with E-state index < -0.39 is 0 Å². The Morgan fingerprint density at radius 3 is 2.52 bits per heavy atom. The zero-order chi connectivity index (χ0) is 22.1. The standard InChI is InChI=1S/C25H32N2O4/c1-2-3-7-18-10-13-20(14-11-18)27-24(28)17-30-23-16-19(12-15-22(23)26)25(29)31-21-8-5-4-6-9-21/h10-16,21H,2-9,17,26H2,1H3,(H,27,28). The average molecular weight is 425 g/mol. The van der Waals surface area contributed by atoms with Gasteiger partial charge in [-0.25, -0.2) is 4.79 Å². The van der Waals surface area contributed by atoms with Crippen molar-refractivity contribution in [3.63, 3.8) is 0 Å². The maximum atomic E-state index is 12.5. The first-order valence-electron chi connectivity index (χ1n) is 11.2. The Bertz CT molecular complexity index is 874. The highest BCUT2D eigenvalue weighted by Gasteiger charge is 2.19. The van der Waals surface area contributed by atoms with Crippen molar-refractivity contribution in [3.05, 3.63) is 53.6 Å². The Labute approximate surface area is 184 Å². The minimum Gasteiger partial charge on any atom is -0.482 e. The monoisotopic (exact) mass is 424 g/mol. The third-order valence-corrected chi connectivity index (χ3v) is 5.49. The van der Waals surface area contributed by atoms with Gasteiger partial charge in [-0.15, -0.1) is 0 Å². The average Bonchev–Trinajstić information content (AvgIpc) is 2.78. The summed E-state index contributed by atoms with van der Waals surface area (Å²) in [6.45, 7) is 1.96. The van der Waals surface area contributed by atoms with Crippen molar-refractivity contribution in [2.45, 2.75) is 64.4 Å². The van der Waals surface area contributed by atoms with Gasteiger partial charge in [-0.3, -0.25) is 4.79 Å². The fraction of sp³-hybridized carbons (Fsp3) is 0.440. The molecule has 0 saturated heterocycles. The van der Waals surface area contributed by atoms with Crippen LogP contribution in [-0.2, 0) is 16.0 Å². The van der Waals surface area contributed by atoms with E-state index in [0.29, 0.717) is 22.7 Å². The Morgan fingerprint density at radius 2 is 1.81 bits per heavy atom. The molecule has 1 aliphatic carbocycles. The second-order valence-electron chi connectivity index (χ2n) is 8.06. The number of carbonyl (C=O) groups is 2. The van der Waals surface area contributed by atoms with Gasteiger partial charge < -0.3 is 20.5 Å². The fourth-order valence-electron chi connectivity index (χ4n) is 3.66. The molecule has 2 aromatic carbocycles. The maximum Gasteiger partial charge on any atom is 0.338 e. The van der Waals surface area contributed by atoms with E-state index in [1.807, 2.05) is 24.3 Å². The molecule has 1 saturated carbocycles. The molecule has 6 heteroatoms. The topological polar surface area (TPSA) is 90.6 Å². The maximum absolute atomic E-state index is 12.5. The molecule has 1 aliphatic rings. The largest absolute Gasteiger partial charge is 0.482 e. The van der Waals surface area contributed by atoms with E-state index in [4.69, 9.17) is 15.2 Å². The van der Waals surface area contributed by atoms with Crippen molar-refractivity contribution in [2.24, 2.45) is 0 Å². The molecule has 6 nitrogen and oxygen atoms in total. The van der Waals surface area contributed by atoms with E-state index in [1.165, 1.54) is 18.1 Å². The van der Waals surface area contributed by atoms with E-state index in [2.05, 4.69) is 12.2 Å². The number of hydrogen-bond donors (Lipinski definition) is 2. The van der Waals surface area contributed by atoms with E-state index >= 15 is 0 Å². The summed E-state index contributed by atoms with van der Waals surface area (Å²) in [4.78, 5) is 24.7. The van der Waals surface area contributed by atoms with E-state index in [0.717, 1.165) is 44.9 Å². The molecule has 0 unspecified atom stereocenters. The van der Waals surface area contributed by atoms with Crippen molar-refractivity contribution in [2.75, 3.05) is 17.7 Å². The van der Waals surface area contributed by atoms with Crippen molar-refractivity contribution in [1.29, 1.82) is 0 Å². The molecule has 2 aromatic rings. The predicted molar refractivity (Wildman–Crippen MR) is 122 cm³/mol. The Hall–Kier alpha value is -3.02. The van der Waals surface area contributed by atoms with Crippen LogP contribution in [-0.4, -0.2) is 24.6 Å². The van der Waals surface area contributed by atoms with Crippen LogP contribution in [0.4, 0.5) is 11.4 Å². The smallest absolute Gasteiger partial charge is 0.338 e. The summed E-state index contributed by atoms with van der Waals surface area (Å²) < 4.78 is 11.2. The first-order chi connectivity index (χ1) is 15.0. The lowest BCUT2D eigenvalue weighted by Gasteiger charge is -2.22. The molecule has 0 atom stereocenters. The Kier molecular flexibility index (Phi) is 8.33. The van der Waals surface area contributed by atoms with Gasteiger partial charge in [0.1, 0.15) is 11.9 Å². The van der Waals surface area contributed by atoms with Crippen molar-refractivity contribution in [3.8, 4) is 5.75 Å². The molecule has 0 heterocycles. The summed E-state index contributed by atoms with van der Waals surface area (Å²) in [5, 5.41) is 2.81. The van der Waals surface area contributed by atoms with Crippen LogP contribution < -0.4 is 15.8 Å². The highest BCUT2D eigenvalue weighted by Crippen LogP contribution is 2.25. The summed E-state index contributed by atoms with van der Waals surface area (Å²) in [6.07, 6.45) is 8.49. The Balaban J connectivity index is 1.52. The van der Waals surface area contributed by atoms with Crippen LogP contribution in [0.25, 0.3) is 0 Å².